The van der Waals surface area contributed by atoms with Crippen LogP contribution in [0.5, 0.6) is 0 Å². The van der Waals surface area contributed by atoms with Gasteiger partial charge in [0.05, 0.1) is 0 Å². The second kappa shape index (κ2) is 53.8. The number of likely N-dealkylation sites (N-methyl/N-ethyl adjacent to an activating group) is 2. The Balaban J connectivity index is -0.000000117. The minimum absolute atomic E-state index is 0. The van der Waals surface area contributed by atoms with E-state index < -0.39 is 0 Å². The molecule has 0 N–H and O–H groups in total. The zero-order chi connectivity index (χ0) is 58.0. The molecular formula is C54H118N18Ti2. The van der Waals surface area contributed by atoms with Crippen molar-refractivity contribution in [2.75, 3.05) is 83.6 Å². The summed E-state index contributed by atoms with van der Waals surface area (Å²) in [6.07, 6.45) is 0. The van der Waals surface area contributed by atoms with E-state index in [1.54, 1.807) is 14.1 Å². The largest absolute Gasteiger partial charge is 4.00 e. The minimum Gasteiger partial charge on any atom is -0.662 e. The minimum atomic E-state index is 0. The maximum atomic E-state index is 4.39. The van der Waals surface area contributed by atoms with Crippen LogP contribution in [0.25, 0.3) is 42.5 Å². The van der Waals surface area contributed by atoms with Crippen molar-refractivity contribution in [1.82, 2.24) is 19.6 Å². The van der Waals surface area contributed by atoms with Crippen molar-refractivity contribution in [3.05, 3.63) is 42.5 Å². The molecule has 0 bridgehead atoms. The Morgan fingerprint density at radius 1 is 0.270 bits per heavy atom. The van der Waals surface area contributed by atoms with Gasteiger partial charge in [-0.2, -0.15) is 14.1 Å². The fraction of sp³-hybridized carbons (Fsp3) is 0.889. The summed E-state index contributed by atoms with van der Waals surface area (Å²) in [4.78, 5) is 34.1. The van der Waals surface area contributed by atoms with E-state index in [0.29, 0.717) is 85.6 Å². The van der Waals surface area contributed by atoms with Crippen LogP contribution in [-0.4, -0.2) is 211 Å². The Morgan fingerprint density at radius 2 is 0.419 bits per heavy atom. The van der Waals surface area contributed by atoms with Gasteiger partial charge in [0.15, 0.2) is 0 Å². The maximum Gasteiger partial charge on any atom is 4.00 e. The molecule has 74 heavy (non-hydrogen) atoms. The van der Waals surface area contributed by atoms with Crippen LogP contribution in [-0.2, 0) is 43.4 Å². The Kier molecular flexibility index (Phi) is 63.9. The summed E-state index contributed by atoms with van der Waals surface area (Å²) in [5.74, 6) is 5.06. The van der Waals surface area contributed by atoms with Gasteiger partial charge >= 0.3 is 43.4 Å². The van der Waals surface area contributed by atoms with Crippen molar-refractivity contribution < 1.29 is 43.4 Å². The van der Waals surface area contributed by atoms with Gasteiger partial charge in [-0.15, -0.1) is 24.8 Å². The number of nitrogens with zero attached hydrogens (tertiary/aromatic N) is 18. The smallest absolute Gasteiger partial charge is 0.662 e. The topological polar surface area (TPSA) is 200 Å². The molecule has 20 heteroatoms. The van der Waals surface area contributed by atoms with Crippen LogP contribution < -0.4 is 0 Å². The number of hydrogen-bond acceptors (Lipinski definition) is 6. The van der Waals surface area contributed by atoms with Gasteiger partial charge in [0.1, 0.15) is 0 Å². The molecule has 0 radical (unpaired) electrons. The Hall–Kier alpha value is -2.63. The molecule has 0 aromatic heterocycles. The Bertz CT molecular complexity index is 1250. The third-order valence-corrected chi connectivity index (χ3v) is 6.82. The van der Waals surface area contributed by atoms with Crippen LogP contribution in [0.2, 0.25) is 0 Å². The second-order valence-electron chi connectivity index (χ2n) is 21.2. The molecule has 0 spiro atoms. The number of aliphatic imine (C=N–C) groups is 6. The zero-order valence-corrected chi connectivity index (χ0v) is 57.5. The summed E-state index contributed by atoms with van der Waals surface area (Å²) in [7, 11) is 19.3. The first-order chi connectivity index (χ1) is 32.8. The van der Waals surface area contributed by atoms with E-state index in [1.165, 1.54) is 0 Å². The molecule has 0 rings (SSSR count). The molecule has 0 amide bonds. The van der Waals surface area contributed by atoms with Gasteiger partial charge < -0.3 is 92.1 Å². The van der Waals surface area contributed by atoms with Crippen molar-refractivity contribution in [2.45, 2.75) is 239 Å². The van der Waals surface area contributed by atoms with Gasteiger partial charge in [-0.1, -0.05) is 166 Å². The van der Waals surface area contributed by atoms with E-state index in [4.69, 9.17) is 0 Å². The van der Waals surface area contributed by atoms with Crippen molar-refractivity contribution in [1.29, 1.82) is 0 Å². The average molecular weight is 1120 g/mol. The van der Waals surface area contributed by atoms with Gasteiger partial charge in [-0.05, 0) is 129 Å². The summed E-state index contributed by atoms with van der Waals surface area (Å²) in [6.45, 7) is 50.5. The van der Waals surface area contributed by atoms with Crippen LogP contribution in [0.15, 0.2) is 30.0 Å². The fourth-order valence-corrected chi connectivity index (χ4v) is 4.61. The van der Waals surface area contributed by atoms with E-state index in [1.807, 2.05) is 131 Å². The van der Waals surface area contributed by atoms with Gasteiger partial charge in [0, 0.05) is 23.8 Å². The molecule has 0 aromatic rings. The van der Waals surface area contributed by atoms with E-state index in [-0.39, 0.29) is 43.4 Å². The summed E-state index contributed by atoms with van der Waals surface area (Å²) < 4.78 is 0. The van der Waals surface area contributed by atoms with Crippen molar-refractivity contribution in [3.63, 3.8) is 0 Å². The van der Waals surface area contributed by atoms with Crippen LogP contribution in [0.3, 0.4) is 0 Å². The van der Waals surface area contributed by atoms with Crippen LogP contribution in [0.4, 0.5) is 0 Å². The average Bonchev–Trinajstić information content (AvgIpc) is 3.16. The van der Waals surface area contributed by atoms with E-state index in [0.717, 1.165) is 35.5 Å². The van der Waals surface area contributed by atoms with E-state index in [9.17, 15) is 0 Å². The molecule has 0 unspecified atom stereocenters. The number of hydrogen-bond donors (Lipinski definition) is 0. The van der Waals surface area contributed by atoms with Crippen LogP contribution in [0, 0.1) is 0 Å². The third kappa shape index (κ3) is 71.4. The molecule has 0 aliphatic carbocycles. The standard InChI is InChI=1S/4C9H20N3.2C9H19N3.2Ti/c4*1-7(2)10-9(12(5)6)11-8(3)4;2*1-7(2)11-9(6-10-5)12-8(3)4;;/h4*7-8H,1-6H3;2*7-8H,6H2,1-5H3;;/q4*-1;2*-2;2*+4. The second-order valence-corrected chi connectivity index (χ2v) is 21.2. The van der Waals surface area contributed by atoms with Gasteiger partial charge in [-0.3, -0.25) is 0 Å². The molecule has 0 saturated carbocycles. The number of guanidine groups is 4. The molecule has 0 fully saturated rings. The normalized spacial score (nSPS) is 12.2. The quantitative estimate of drug-likeness (QED) is 0.0841. The summed E-state index contributed by atoms with van der Waals surface area (Å²) in [6, 6.07) is 3.72. The maximum absolute atomic E-state index is 4.39. The molecule has 0 aliphatic rings. The van der Waals surface area contributed by atoms with Crippen LogP contribution >= 0.6 is 0 Å². The first-order valence-corrected chi connectivity index (χ1v) is 26.3. The molecule has 0 aliphatic heterocycles. The summed E-state index contributed by atoms with van der Waals surface area (Å²) >= 11 is 0. The monoisotopic (exact) mass is 1110 g/mol. The Morgan fingerprint density at radius 3 is 0.514 bits per heavy atom. The summed E-state index contributed by atoms with van der Waals surface area (Å²) in [5, 5.41) is 34.3. The van der Waals surface area contributed by atoms with Crippen molar-refractivity contribution >= 4 is 35.5 Å². The molecule has 432 valence electrons. The number of amidine groups is 2. The fourth-order valence-electron chi connectivity index (χ4n) is 4.61. The summed E-state index contributed by atoms with van der Waals surface area (Å²) in [5.41, 5.74) is 0. The van der Waals surface area contributed by atoms with Crippen molar-refractivity contribution in [2.24, 2.45) is 30.0 Å². The third-order valence-electron chi connectivity index (χ3n) is 6.82. The van der Waals surface area contributed by atoms with Gasteiger partial charge in [0.25, 0.3) is 0 Å². The predicted octanol–water partition coefficient (Wildman–Crippen LogP) is 13.5. The van der Waals surface area contributed by atoms with E-state index >= 15 is 0 Å². The molecule has 18 nitrogen and oxygen atoms in total. The number of rotatable bonds is 16. The molecule has 0 saturated heterocycles. The predicted molar refractivity (Wildman–Crippen MR) is 329 cm³/mol. The molecular weight excluding hydrogens is 996 g/mol. The van der Waals surface area contributed by atoms with E-state index in [2.05, 4.69) is 183 Å². The first kappa shape index (κ1) is 88.0. The zero-order valence-electron chi connectivity index (χ0n) is 54.4. The van der Waals surface area contributed by atoms with Gasteiger partial charge in [0.2, 0.25) is 0 Å². The SMILES string of the molecule is CC(C)N=C([N-]C(C)C)N(C)C.CC(C)N=C([N-]C(C)C)N(C)C.CC(C)N=C([N-]C(C)C)N(C)C.CC(C)N=C([N-]C(C)C)N(C)C.C[N-]CC(=NC(C)C)[N-]C(C)C.C[N-]CC(=NC(C)C)[N-]C(C)C.[Ti+4].[Ti+4]. The Labute approximate surface area is 490 Å². The molecule has 0 heterocycles. The molecule has 0 atom stereocenters. The first-order valence-electron chi connectivity index (χ1n) is 26.3. The van der Waals surface area contributed by atoms with Crippen LogP contribution in [0.1, 0.15) is 166 Å². The van der Waals surface area contributed by atoms with Gasteiger partial charge in [-0.25, -0.2) is 0 Å². The molecule has 0 aromatic carbocycles. The van der Waals surface area contributed by atoms with Crippen molar-refractivity contribution in [3.8, 4) is 0 Å².